The summed E-state index contributed by atoms with van der Waals surface area (Å²) in [5, 5.41) is 5.88. The minimum absolute atomic E-state index is 0. The third-order valence-electron chi connectivity index (χ3n) is 10.7. The number of pyridine rings is 1. The van der Waals surface area contributed by atoms with Crippen LogP contribution in [0.25, 0.3) is 27.1 Å². The maximum absolute atomic E-state index is 11.7. The standard InChI is InChI=1S/C30H37N5O2S2.H2/c1-15(2)24-25-18(5)27(38-29(25)33-26(24)22-9-35-28(31-14-32-35)17(4)16(22)3)21-7-20-6-19(21)8-23(20)34-10-30(11-34)12-39(36,37)13-30;/h9,14-15,19-21,23,33H,6-8,10-13H2,1-5H3;1H. The third-order valence-corrected chi connectivity index (χ3v) is 14.1. The molecular formula is C30H39N5O2S2. The molecule has 9 heteroatoms. The van der Waals surface area contributed by atoms with Crippen molar-refractivity contribution in [2.75, 3.05) is 24.6 Å². The van der Waals surface area contributed by atoms with Crippen LogP contribution in [0.2, 0.25) is 0 Å². The molecule has 1 N–H and O–H groups in total. The fraction of sp³-hybridized carbons (Fsp3) is 0.600. The summed E-state index contributed by atoms with van der Waals surface area (Å²) in [6.07, 6.45) is 7.67. The first kappa shape index (κ1) is 24.6. The monoisotopic (exact) mass is 565 g/mol. The zero-order valence-corrected chi connectivity index (χ0v) is 25.0. The van der Waals surface area contributed by atoms with Crippen LogP contribution in [0.3, 0.4) is 0 Å². The molecule has 4 fully saturated rings. The Hall–Kier alpha value is -2.23. The van der Waals surface area contributed by atoms with Crippen LogP contribution < -0.4 is 0 Å². The number of nitrogens with one attached hydrogen (secondary N) is 1. The predicted octanol–water partition coefficient (Wildman–Crippen LogP) is 5.85. The second kappa shape index (κ2) is 7.95. The number of aryl methyl sites for hydroxylation is 2. The predicted molar refractivity (Wildman–Crippen MR) is 159 cm³/mol. The van der Waals surface area contributed by atoms with E-state index in [9.17, 15) is 8.42 Å². The summed E-state index contributed by atoms with van der Waals surface area (Å²) in [6.45, 7) is 13.3. The van der Waals surface area contributed by atoms with Gasteiger partial charge in [-0.05, 0) is 86.0 Å². The van der Waals surface area contributed by atoms with E-state index in [0.717, 1.165) is 30.6 Å². The van der Waals surface area contributed by atoms with Crippen LogP contribution in [-0.4, -0.2) is 63.5 Å². The molecule has 4 unspecified atom stereocenters. The van der Waals surface area contributed by atoms with E-state index < -0.39 is 9.84 Å². The van der Waals surface area contributed by atoms with Crippen LogP contribution in [0.15, 0.2) is 12.5 Å². The van der Waals surface area contributed by atoms with Crippen LogP contribution in [0.1, 0.15) is 73.5 Å². The summed E-state index contributed by atoms with van der Waals surface area (Å²) in [4.78, 5) is 13.9. The van der Waals surface area contributed by atoms with Gasteiger partial charge in [0.15, 0.2) is 15.5 Å². The third kappa shape index (κ3) is 3.39. The second-order valence-corrected chi connectivity index (χ2v) is 16.6. The van der Waals surface area contributed by atoms with Crippen molar-refractivity contribution < 1.29 is 9.84 Å². The van der Waals surface area contributed by atoms with Crippen molar-refractivity contribution in [3.8, 4) is 11.3 Å². The van der Waals surface area contributed by atoms with Gasteiger partial charge in [-0.25, -0.2) is 17.9 Å². The molecule has 7 nitrogen and oxygen atoms in total. The van der Waals surface area contributed by atoms with Crippen molar-refractivity contribution in [1.82, 2.24) is 24.5 Å². The molecule has 6 heterocycles. The van der Waals surface area contributed by atoms with Gasteiger partial charge >= 0.3 is 0 Å². The highest BCUT2D eigenvalue weighted by atomic mass is 32.2. The van der Waals surface area contributed by atoms with Crippen LogP contribution >= 0.6 is 11.3 Å². The molecule has 4 atom stereocenters. The summed E-state index contributed by atoms with van der Waals surface area (Å²) in [7, 11) is -2.74. The smallest absolute Gasteiger partial charge is 0.158 e. The van der Waals surface area contributed by atoms with Crippen molar-refractivity contribution in [3.05, 3.63) is 39.7 Å². The molecule has 4 aromatic rings. The Morgan fingerprint density at radius 1 is 1.08 bits per heavy atom. The van der Waals surface area contributed by atoms with Crippen molar-refractivity contribution >= 4 is 37.0 Å². The zero-order valence-electron chi connectivity index (χ0n) is 23.4. The van der Waals surface area contributed by atoms with Gasteiger partial charge < -0.3 is 4.98 Å². The van der Waals surface area contributed by atoms with Gasteiger partial charge in [-0.1, -0.05) is 13.8 Å². The molecular weight excluding hydrogens is 526 g/mol. The van der Waals surface area contributed by atoms with Crippen LogP contribution in [0.4, 0.5) is 0 Å². The number of likely N-dealkylation sites (tertiary alicyclic amines) is 1. The first-order chi connectivity index (χ1) is 18.5. The highest BCUT2D eigenvalue weighted by molar-refractivity contribution is 7.92. The number of hydrogen-bond donors (Lipinski definition) is 1. The van der Waals surface area contributed by atoms with E-state index in [1.165, 1.54) is 63.0 Å². The fourth-order valence-corrected chi connectivity index (χ4v) is 12.6. The summed E-state index contributed by atoms with van der Waals surface area (Å²) in [6, 6.07) is 0.668. The molecule has 1 spiro atoms. The normalized spacial score (nSPS) is 29.2. The minimum atomic E-state index is -2.74. The Labute approximate surface area is 235 Å². The number of hydrogen-bond acceptors (Lipinski definition) is 6. The Balaban J connectivity index is 0.00000264. The van der Waals surface area contributed by atoms with Gasteiger partial charge in [0, 0.05) is 48.0 Å². The average molecular weight is 566 g/mol. The quantitative estimate of drug-likeness (QED) is 0.336. The van der Waals surface area contributed by atoms with Crippen LogP contribution in [0, 0.1) is 38.0 Å². The summed E-state index contributed by atoms with van der Waals surface area (Å²) < 4.78 is 25.4. The number of nitrogens with zero attached hydrogens (tertiary/aromatic N) is 4. The van der Waals surface area contributed by atoms with Gasteiger partial charge in [0.05, 0.1) is 17.2 Å². The molecule has 2 aliphatic heterocycles. The molecule has 2 aliphatic carbocycles. The summed E-state index contributed by atoms with van der Waals surface area (Å²) in [5.41, 5.74) is 8.82. The Bertz CT molecular complexity index is 1760. The van der Waals surface area contributed by atoms with Gasteiger partial charge in [-0.2, -0.15) is 5.10 Å². The van der Waals surface area contributed by atoms with E-state index in [0.29, 0.717) is 29.4 Å². The van der Waals surface area contributed by atoms with Gasteiger partial charge in [0.25, 0.3) is 0 Å². The van der Waals surface area contributed by atoms with Gasteiger partial charge in [-0.3, -0.25) is 4.90 Å². The highest BCUT2D eigenvalue weighted by Gasteiger charge is 2.60. The molecule has 208 valence electrons. The number of fused-ring (bicyclic) bond motifs is 4. The molecule has 0 amide bonds. The number of sulfone groups is 1. The van der Waals surface area contributed by atoms with E-state index in [1.54, 1.807) is 11.2 Å². The van der Waals surface area contributed by atoms with Crippen molar-refractivity contribution in [2.45, 2.75) is 71.8 Å². The molecule has 2 saturated heterocycles. The molecule has 4 aliphatic rings. The highest BCUT2D eigenvalue weighted by Crippen LogP contribution is 2.59. The first-order valence-electron chi connectivity index (χ1n) is 14.4. The molecule has 0 radical (unpaired) electrons. The number of aromatic amines is 1. The summed E-state index contributed by atoms with van der Waals surface area (Å²) in [5.74, 6) is 3.42. The van der Waals surface area contributed by atoms with E-state index >= 15 is 0 Å². The lowest BCUT2D eigenvalue weighted by atomic mass is 9.77. The van der Waals surface area contributed by atoms with Crippen molar-refractivity contribution in [2.24, 2.45) is 17.3 Å². The van der Waals surface area contributed by atoms with E-state index in [-0.39, 0.29) is 6.84 Å². The Morgan fingerprint density at radius 3 is 2.51 bits per heavy atom. The van der Waals surface area contributed by atoms with Crippen LogP contribution in [0.5, 0.6) is 0 Å². The van der Waals surface area contributed by atoms with E-state index in [1.807, 2.05) is 15.9 Å². The lowest BCUT2D eigenvalue weighted by molar-refractivity contribution is -0.0295. The Kier molecular flexibility index (Phi) is 5.00. The van der Waals surface area contributed by atoms with Gasteiger partial charge in [0.1, 0.15) is 11.2 Å². The minimum Gasteiger partial charge on any atom is -0.346 e. The second-order valence-electron chi connectivity index (χ2n) is 13.5. The maximum atomic E-state index is 11.7. The maximum Gasteiger partial charge on any atom is 0.158 e. The molecule has 4 aromatic heterocycles. The fourth-order valence-electron chi connectivity index (χ4n) is 8.98. The van der Waals surface area contributed by atoms with E-state index in [2.05, 4.69) is 60.8 Å². The van der Waals surface area contributed by atoms with Gasteiger partial charge in [0.2, 0.25) is 0 Å². The average Bonchev–Trinajstić information content (AvgIpc) is 3.64. The van der Waals surface area contributed by atoms with Gasteiger partial charge in [-0.15, -0.1) is 11.3 Å². The molecule has 2 saturated carbocycles. The SMILES string of the molecule is Cc1c(-c2[nH]c3sc(C4CC5CC4CC5N4CC5(C4)CS(=O)(=O)C5)c(C)c3c2C(C)C)cn2ncnc2c1C.[HH]. The van der Waals surface area contributed by atoms with E-state index in [4.69, 9.17) is 0 Å². The van der Waals surface area contributed by atoms with Crippen LogP contribution in [-0.2, 0) is 9.84 Å². The molecule has 2 bridgehead atoms. The van der Waals surface area contributed by atoms with Crippen molar-refractivity contribution in [3.63, 3.8) is 0 Å². The Morgan fingerprint density at radius 2 is 1.85 bits per heavy atom. The number of H-pyrrole nitrogens is 1. The first-order valence-corrected chi connectivity index (χ1v) is 17.1. The summed E-state index contributed by atoms with van der Waals surface area (Å²) >= 11 is 1.99. The molecule has 0 aromatic carbocycles. The lowest BCUT2D eigenvalue weighted by Crippen LogP contribution is -2.70. The number of thiophene rings is 1. The molecule has 39 heavy (non-hydrogen) atoms. The topological polar surface area (TPSA) is 83.4 Å². The largest absolute Gasteiger partial charge is 0.346 e. The number of aromatic nitrogens is 4. The number of rotatable bonds is 4. The van der Waals surface area contributed by atoms with Crippen molar-refractivity contribution in [1.29, 1.82) is 0 Å². The zero-order chi connectivity index (χ0) is 27.0. The molecule has 8 rings (SSSR count). The lowest BCUT2D eigenvalue weighted by Gasteiger charge is -2.58.